The maximum Gasteiger partial charge on any atom is 0.309 e. The van der Waals surface area contributed by atoms with Gasteiger partial charge in [-0.2, -0.15) is 0 Å². The van der Waals surface area contributed by atoms with Crippen LogP contribution < -0.4 is 5.56 Å². The van der Waals surface area contributed by atoms with E-state index in [0.717, 1.165) is 16.7 Å². The maximum atomic E-state index is 11.9. The smallest absolute Gasteiger partial charge is 0.309 e. The maximum absolute atomic E-state index is 11.9. The molecule has 2 aromatic rings. The number of carbonyl (C=O) groups is 1. The molecule has 5 heteroatoms. The monoisotopic (exact) mass is 298 g/mol. The van der Waals surface area contributed by atoms with Gasteiger partial charge in [0, 0.05) is 0 Å². The number of hydrogen-bond acceptors (Lipinski definition) is 3. The highest BCUT2D eigenvalue weighted by molar-refractivity contribution is 5.85. The van der Waals surface area contributed by atoms with Crippen LogP contribution in [0.2, 0.25) is 0 Å². The van der Waals surface area contributed by atoms with E-state index < -0.39 is 11.4 Å². The number of rotatable bonds is 2. The van der Waals surface area contributed by atoms with Gasteiger partial charge in [0.05, 0.1) is 22.6 Å². The van der Waals surface area contributed by atoms with Gasteiger partial charge >= 0.3 is 5.97 Å². The molecule has 1 aromatic carbocycles. The number of carboxylic acid groups (broad SMARTS) is 1. The Balaban J connectivity index is 2.06. The Bertz CT molecular complexity index is 851. The molecular formula is C17H18N2O3. The summed E-state index contributed by atoms with van der Waals surface area (Å²) in [6.07, 6.45) is 5.22. The van der Waals surface area contributed by atoms with E-state index in [2.05, 4.69) is 9.97 Å². The van der Waals surface area contributed by atoms with Gasteiger partial charge in [-0.05, 0) is 61.9 Å². The number of hydrogen-bond donors (Lipinski definition) is 2. The summed E-state index contributed by atoms with van der Waals surface area (Å²) in [6.45, 7) is 3.77. The van der Waals surface area contributed by atoms with Crippen LogP contribution in [-0.2, 0) is 4.79 Å². The summed E-state index contributed by atoms with van der Waals surface area (Å²) >= 11 is 0. The topological polar surface area (TPSA) is 83.0 Å². The number of allylic oxidation sites excluding steroid dienone is 2. The zero-order valence-electron chi connectivity index (χ0n) is 12.6. The highest BCUT2D eigenvalue weighted by atomic mass is 16.4. The summed E-state index contributed by atoms with van der Waals surface area (Å²) in [7, 11) is 0. The molecule has 0 spiro atoms. The van der Waals surface area contributed by atoms with Gasteiger partial charge in [-0.3, -0.25) is 9.59 Å². The standard InChI is InChI=1S/C17H18N2O3/c1-10-7-14-13(15(20)19-9-18-14)8-12(10)11-3-5-17(2,6-4-11)16(21)22/h3,7-9H,4-6H2,1-2H3,(H,21,22)(H,18,19,20). The van der Waals surface area contributed by atoms with Gasteiger partial charge in [0.2, 0.25) is 0 Å². The molecule has 0 saturated carbocycles. The molecule has 0 radical (unpaired) electrons. The number of H-pyrrole nitrogens is 1. The largest absolute Gasteiger partial charge is 0.481 e. The quantitative estimate of drug-likeness (QED) is 0.893. The summed E-state index contributed by atoms with van der Waals surface area (Å²) in [4.78, 5) is 30.0. The Hall–Kier alpha value is -2.43. The van der Waals surface area contributed by atoms with E-state index in [-0.39, 0.29) is 5.56 Å². The average molecular weight is 298 g/mol. The first-order chi connectivity index (χ1) is 10.4. The molecule has 1 aliphatic carbocycles. The molecule has 3 rings (SSSR count). The summed E-state index contributed by atoms with van der Waals surface area (Å²) in [5, 5.41) is 9.87. The number of aromatic nitrogens is 2. The second kappa shape index (κ2) is 5.09. The van der Waals surface area contributed by atoms with Crippen molar-refractivity contribution in [3.63, 3.8) is 0 Å². The number of nitrogens with one attached hydrogen (secondary N) is 1. The Labute approximate surface area is 127 Å². The van der Waals surface area contributed by atoms with E-state index in [1.807, 2.05) is 25.1 Å². The van der Waals surface area contributed by atoms with Crippen molar-refractivity contribution < 1.29 is 9.90 Å². The number of fused-ring (bicyclic) bond motifs is 1. The van der Waals surface area contributed by atoms with Crippen molar-refractivity contribution in [1.29, 1.82) is 0 Å². The van der Waals surface area contributed by atoms with E-state index in [1.54, 1.807) is 6.92 Å². The van der Waals surface area contributed by atoms with Crippen LogP contribution >= 0.6 is 0 Å². The fraction of sp³-hybridized carbons (Fsp3) is 0.353. The van der Waals surface area contributed by atoms with Crippen molar-refractivity contribution >= 4 is 22.4 Å². The summed E-state index contributed by atoms with van der Waals surface area (Å²) in [5.74, 6) is -0.751. The van der Waals surface area contributed by atoms with E-state index in [1.165, 1.54) is 6.33 Å². The molecule has 1 unspecified atom stereocenters. The van der Waals surface area contributed by atoms with Crippen LogP contribution in [0.15, 0.2) is 29.3 Å². The van der Waals surface area contributed by atoms with Gasteiger partial charge in [0.1, 0.15) is 0 Å². The first kappa shape index (κ1) is 14.5. The molecule has 2 N–H and O–H groups in total. The van der Waals surface area contributed by atoms with E-state index >= 15 is 0 Å². The Morgan fingerprint density at radius 3 is 2.82 bits per heavy atom. The normalized spacial score (nSPS) is 21.6. The lowest BCUT2D eigenvalue weighted by molar-refractivity contribution is -0.148. The fourth-order valence-corrected chi connectivity index (χ4v) is 2.97. The van der Waals surface area contributed by atoms with Crippen molar-refractivity contribution in [1.82, 2.24) is 9.97 Å². The lowest BCUT2D eigenvalue weighted by Crippen LogP contribution is -2.29. The molecule has 0 saturated heterocycles. The van der Waals surface area contributed by atoms with Crippen LogP contribution in [0.4, 0.5) is 0 Å². The number of benzene rings is 1. The molecule has 1 atom stereocenters. The molecule has 5 nitrogen and oxygen atoms in total. The summed E-state index contributed by atoms with van der Waals surface area (Å²) in [5.41, 5.74) is 3.01. The first-order valence-electron chi connectivity index (χ1n) is 7.31. The fourth-order valence-electron chi connectivity index (χ4n) is 2.97. The molecule has 114 valence electrons. The van der Waals surface area contributed by atoms with Crippen molar-refractivity contribution in [3.8, 4) is 0 Å². The highest BCUT2D eigenvalue weighted by Crippen LogP contribution is 2.39. The predicted molar refractivity (Wildman–Crippen MR) is 84.7 cm³/mol. The minimum absolute atomic E-state index is 0.155. The van der Waals surface area contributed by atoms with Gasteiger partial charge in [-0.1, -0.05) is 6.08 Å². The van der Waals surface area contributed by atoms with Crippen LogP contribution in [0.3, 0.4) is 0 Å². The zero-order chi connectivity index (χ0) is 15.9. The minimum atomic E-state index is -0.751. The zero-order valence-corrected chi connectivity index (χ0v) is 12.6. The summed E-state index contributed by atoms with van der Waals surface area (Å²) < 4.78 is 0. The van der Waals surface area contributed by atoms with Gasteiger partial charge in [-0.25, -0.2) is 4.98 Å². The third kappa shape index (κ3) is 2.32. The number of aryl methyl sites for hydroxylation is 1. The third-order valence-corrected chi connectivity index (χ3v) is 4.59. The summed E-state index contributed by atoms with van der Waals surface area (Å²) in [6, 6.07) is 3.78. The molecule has 1 heterocycles. The highest BCUT2D eigenvalue weighted by Gasteiger charge is 2.34. The second-order valence-electron chi connectivity index (χ2n) is 6.22. The van der Waals surface area contributed by atoms with E-state index in [0.29, 0.717) is 30.2 Å². The third-order valence-electron chi connectivity index (χ3n) is 4.59. The molecule has 0 aliphatic heterocycles. The van der Waals surface area contributed by atoms with Crippen molar-refractivity contribution in [2.45, 2.75) is 33.1 Å². The Kier molecular flexibility index (Phi) is 3.35. The second-order valence-corrected chi connectivity index (χ2v) is 6.22. The SMILES string of the molecule is Cc1cc2nc[nH]c(=O)c2cc1C1=CCC(C)(C(=O)O)CC1. The Morgan fingerprint density at radius 1 is 1.41 bits per heavy atom. The molecule has 1 aromatic heterocycles. The molecule has 0 fully saturated rings. The number of aliphatic carboxylic acids is 1. The van der Waals surface area contributed by atoms with Gasteiger partial charge < -0.3 is 10.1 Å². The molecular weight excluding hydrogens is 280 g/mol. The molecule has 22 heavy (non-hydrogen) atoms. The lowest BCUT2D eigenvalue weighted by Gasteiger charge is -2.29. The number of aromatic amines is 1. The van der Waals surface area contributed by atoms with E-state index in [4.69, 9.17) is 0 Å². The minimum Gasteiger partial charge on any atom is -0.481 e. The Morgan fingerprint density at radius 2 is 2.18 bits per heavy atom. The first-order valence-corrected chi connectivity index (χ1v) is 7.31. The van der Waals surface area contributed by atoms with Crippen LogP contribution in [-0.4, -0.2) is 21.0 Å². The van der Waals surface area contributed by atoms with Crippen LogP contribution in [0.5, 0.6) is 0 Å². The number of nitrogens with zero attached hydrogens (tertiary/aromatic N) is 1. The van der Waals surface area contributed by atoms with Gasteiger partial charge in [0.25, 0.3) is 5.56 Å². The van der Waals surface area contributed by atoms with Crippen LogP contribution in [0.25, 0.3) is 16.5 Å². The van der Waals surface area contributed by atoms with Crippen LogP contribution in [0.1, 0.15) is 37.3 Å². The predicted octanol–water partition coefficient (Wildman–Crippen LogP) is 2.89. The van der Waals surface area contributed by atoms with Gasteiger partial charge in [-0.15, -0.1) is 0 Å². The number of carboxylic acids is 1. The van der Waals surface area contributed by atoms with Crippen molar-refractivity contribution in [2.24, 2.45) is 5.41 Å². The lowest BCUT2D eigenvalue weighted by atomic mass is 9.75. The van der Waals surface area contributed by atoms with Gasteiger partial charge in [0.15, 0.2) is 0 Å². The molecule has 0 amide bonds. The van der Waals surface area contributed by atoms with E-state index in [9.17, 15) is 14.7 Å². The average Bonchev–Trinajstić information content (AvgIpc) is 2.48. The molecule has 0 bridgehead atoms. The van der Waals surface area contributed by atoms with Crippen LogP contribution in [0, 0.1) is 12.3 Å². The van der Waals surface area contributed by atoms with Crippen molar-refractivity contribution in [3.05, 3.63) is 46.0 Å². The van der Waals surface area contributed by atoms with Crippen molar-refractivity contribution in [2.75, 3.05) is 0 Å². The molecule has 1 aliphatic rings.